The third kappa shape index (κ3) is 4.48. The maximum absolute atomic E-state index is 11.2. The van der Waals surface area contributed by atoms with Gasteiger partial charge in [-0.15, -0.1) is 24.3 Å². The Balaban J connectivity index is 0.00000116. The van der Waals surface area contributed by atoms with E-state index in [-0.39, 0.29) is 0 Å². The number of terminal acetylenes is 1. The quantitative estimate of drug-likeness (QED) is 0.602. The molecule has 1 aromatic heterocycles. The molecule has 1 aromatic carbocycles. The zero-order valence-electron chi connectivity index (χ0n) is 12.4. The van der Waals surface area contributed by atoms with Crippen molar-refractivity contribution in [1.82, 2.24) is 0 Å². The zero-order valence-corrected chi connectivity index (χ0v) is 13.2. The normalized spacial score (nSPS) is 8.59. The SMILES string of the molecule is C#Cc1cc(C#Cc2cccs2)cc(C=O)c1[CH]C=C.[CH2]C. The second-order valence-corrected chi connectivity index (χ2v) is 4.87. The molecule has 2 rings (SSSR count). The Morgan fingerprint density at radius 1 is 1.27 bits per heavy atom. The molecule has 0 saturated heterocycles. The third-order valence-electron chi connectivity index (χ3n) is 2.63. The van der Waals surface area contributed by atoms with Crippen LogP contribution in [0.15, 0.2) is 42.3 Å². The molecule has 0 amide bonds. The highest BCUT2D eigenvalue weighted by atomic mass is 32.1. The number of carbonyl (C=O) groups excluding carboxylic acids is 1. The maximum atomic E-state index is 11.2. The lowest BCUT2D eigenvalue weighted by atomic mass is 9.96. The third-order valence-corrected chi connectivity index (χ3v) is 3.42. The van der Waals surface area contributed by atoms with E-state index in [1.165, 1.54) is 0 Å². The molecule has 0 N–H and O–H groups in total. The number of carbonyl (C=O) groups is 1. The van der Waals surface area contributed by atoms with Gasteiger partial charge in [0, 0.05) is 23.1 Å². The molecule has 0 aliphatic rings. The van der Waals surface area contributed by atoms with E-state index in [9.17, 15) is 4.79 Å². The molecular weight excluding hydrogens is 288 g/mol. The van der Waals surface area contributed by atoms with E-state index in [2.05, 4.69) is 31.3 Å². The Kier molecular flexibility index (Phi) is 7.48. The molecule has 0 aliphatic heterocycles. The average molecular weight is 304 g/mol. The van der Waals surface area contributed by atoms with E-state index in [4.69, 9.17) is 6.42 Å². The Hall–Kier alpha value is -2.55. The molecule has 2 aromatic rings. The molecule has 0 saturated carbocycles. The molecule has 1 nitrogen and oxygen atoms in total. The number of benzene rings is 1. The predicted octanol–water partition coefficient (Wildman–Crippen LogP) is 4.52. The lowest BCUT2D eigenvalue weighted by Gasteiger charge is -2.06. The molecular formula is C20H16OS. The van der Waals surface area contributed by atoms with E-state index in [1.807, 2.05) is 23.6 Å². The molecule has 2 radical (unpaired) electrons. The van der Waals surface area contributed by atoms with Crippen molar-refractivity contribution in [3.8, 4) is 24.2 Å². The van der Waals surface area contributed by atoms with Crippen LogP contribution in [0.2, 0.25) is 0 Å². The molecule has 108 valence electrons. The fraction of sp³-hybridized carbons (Fsp3) is 0.0500. The first-order valence-electron chi connectivity index (χ1n) is 6.60. The minimum absolute atomic E-state index is 0.524. The highest BCUT2D eigenvalue weighted by molar-refractivity contribution is 7.10. The zero-order chi connectivity index (χ0) is 16.4. The van der Waals surface area contributed by atoms with Gasteiger partial charge in [0.25, 0.3) is 0 Å². The van der Waals surface area contributed by atoms with Crippen LogP contribution >= 0.6 is 11.3 Å². The highest BCUT2D eigenvalue weighted by Crippen LogP contribution is 2.18. The van der Waals surface area contributed by atoms with Crippen molar-refractivity contribution in [3.63, 3.8) is 0 Å². The molecule has 0 unspecified atom stereocenters. The van der Waals surface area contributed by atoms with Crippen LogP contribution in [-0.4, -0.2) is 6.29 Å². The molecule has 0 aliphatic carbocycles. The lowest BCUT2D eigenvalue weighted by Crippen LogP contribution is -1.96. The van der Waals surface area contributed by atoms with Crippen LogP contribution < -0.4 is 0 Å². The van der Waals surface area contributed by atoms with Gasteiger partial charge in [0.1, 0.15) is 6.29 Å². The van der Waals surface area contributed by atoms with Gasteiger partial charge in [-0.1, -0.05) is 43.8 Å². The first-order valence-corrected chi connectivity index (χ1v) is 7.48. The lowest BCUT2D eigenvalue weighted by molar-refractivity contribution is 0.112. The minimum atomic E-state index is 0.524. The molecule has 22 heavy (non-hydrogen) atoms. The van der Waals surface area contributed by atoms with Gasteiger partial charge < -0.3 is 0 Å². The number of allylic oxidation sites excluding steroid dienone is 1. The van der Waals surface area contributed by atoms with Gasteiger partial charge in [-0.3, -0.25) is 4.79 Å². The molecule has 0 spiro atoms. The van der Waals surface area contributed by atoms with Crippen LogP contribution in [-0.2, 0) is 0 Å². The number of thiophene rings is 1. The van der Waals surface area contributed by atoms with Gasteiger partial charge in [-0.25, -0.2) is 0 Å². The van der Waals surface area contributed by atoms with Crippen molar-refractivity contribution in [1.29, 1.82) is 0 Å². The van der Waals surface area contributed by atoms with Gasteiger partial charge in [0.2, 0.25) is 0 Å². The van der Waals surface area contributed by atoms with Crippen LogP contribution in [0, 0.1) is 37.5 Å². The second-order valence-electron chi connectivity index (χ2n) is 3.92. The summed E-state index contributed by atoms with van der Waals surface area (Å²) in [6, 6.07) is 7.44. The molecule has 1 heterocycles. The van der Waals surface area contributed by atoms with Gasteiger partial charge in [-0.05, 0) is 29.1 Å². The Labute approximate surface area is 136 Å². The van der Waals surface area contributed by atoms with E-state index >= 15 is 0 Å². The summed E-state index contributed by atoms with van der Waals surface area (Å²) >= 11 is 1.57. The Morgan fingerprint density at radius 3 is 2.59 bits per heavy atom. The van der Waals surface area contributed by atoms with Crippen molar-refractivity contribution >= 4 is 17.6 Å². The largest absolute Gasteiger partial charge is 0.298 e. The summed E-state index contributed by atoms with van der Waals surface area (Å²) in [6.07, 6.45) is 9.62. The first kappa shape index (κ1) is 17.5. The van der Waals surface area contributed by atoms with E-state index in [1.54, 1.807) is 36.8 Å². The molecule has 0 atom stereocenters. The van der Waals surface area contributed by atoms with Gasteiger partial charge in [0.15, 0.2) is 0 Å². The van der Waals surface area contributed by atoms with Crippen LogP contribution in [0.4, 0.5) is 0 Å². The summed E-state index contributed by atoms with van der Waals surface area (Å²) in [6.45, 7) is 8.63. The summed E-state index contributed by atoms with van der Waals surface area (Å²) < 4.78 is 0. The Morgan fingerprint density at radius 2 is 2.05 bits per heavy atom. The molecule has 0 bridgehead atoms. The predicted molar refractivity (Wildman–Crippen MR) is 94.7 cm³/mol. The van der Waals surface area contributed by atoms with E-state index in [0.717, 1.165) is 16.7 Å². The number of aldehydes is 1. The number of hydrogen-bond acceptors (Lipinski definition) is 2. The van der Waals surface area contributed by atoms with E-state index < -0.39 is 0 Å². The standard InChI is InChI=1S/C18H11OS.C2H5/c1-3-6-18-15(4-2)11-14(12-16(18)13-19)8-9-17-7-5-10-20-17;1-2/h2-3,5-7,10-13H,1H2;1H2,2H3. The van der Waals surface area contributed by atoms with Crippen molar-refractivity contribution in [3.05, 3.63) is 82.8 Å². The fourth-order valence-corrected chi connectivity index (χ4v) is 2.32. The number of rotatable bonds is 3. The van der Waals surface area contributed by atoms with Crippen molar-refractivity contribution in [2.45, 2.75) is 6.92 Å². The van der Waals surface area contributed by atoms with Crippen LogP contribution in [0.25, 0.3) is 0 Å². The summed E-state index contributed by atoms with van der Waals surface area (Å²) in [5.41, 5.74) is 2.61. The first-order chi connectivity index (χ1) is 10.8. The molecule has 0 fully saturated rings. The van der Waals surface area contributed by atoms with Gasteiger partial charge in [-0.2, -0.15) is 0 Å². The second kappa shape index (κ2) is 9.40. The van der Waals surface area contributed by atoms with Crippen molar-refractivity contribution in [2.24, 2.45) is 0 Å². The average Bonchev–Trinajstić information content (AvgIpc) is 3.09. The maximum Gasteiger partial charge on any atom is 0.150 e. The molecule has 2 heteroatoms. The number of hydrogen-bond donors (Lipinski definition) is 0. The monoisotopic (exact) mass is 304 g/mol. The van der Waals surface area contributed by atoms with Crippen LogP contribution in [0.1, 0.15) is 38.8 Å². The summed E-state index contributed by atoms with van der Waals surface area (Å²) in [7, 11) is 0. The summed E-state index contributed by atoms with van der Waals surface area (Å²) in [5.74, 6) is 8.67. The fourth-order valence-electron chi connectivity index (χ4n) is 1.75. The van der Waals surface area contributed by atoms with E-state index in [0.29, 0.717) is 16.7 Å². The van der Waals surface area contributed by atoms with Gasteiger partial charge in [0.05, 0.1) is 4.88 Å². The smallest absolute Gasteiger partial charge is 0.150 e. The van der Waals surface area contributed by atoms with Crippen LogP contribution in [0.3, 0.4) is 0 Å². The van der Waals surface area contributed by atoms with Crippen molar-refractivity contribution < 1.29 is 4.79 Å². The highest BCUT2D eigenvalue weighted by Gasteiger charge is 2.07. The minimum Gasteiger partial charge on any atom is -0.298 e. The summed E-state index contributed by atoms with van der Waals surface area (Å²) in [4.78, 5) is 12.2. The van der Waals surface area contributed by atoms with Crippen molar-refractivity contribution in [2.75, 3.05) is 0 Å². The topological polar surface area (TPSA) is 17.1 Å². The Bertz CT molecular complexity index is 734. The van der Waals surface area contributed by atoms with Crippen LogP contribution in [0.5, 0.6) is 0 Å². The summed E-state index contributed by atoms with van der Waals surface area (Å²) in [5, 5.41) is 1.97. The van der Waals surface area contributed by atoms with Gasteiger partial charge >= 0.3 is 0 Å².